The minimum atomic E-state index is -0.225. The molecule has 0 aliphatic carbocycles. The highest BCUT2D eigenvalue weighted by atomic mass is 16.5. The van der Waals surface area contributed by atoms with Gasteiger partial charge in [0, 0.05) is 140 Å². The van der Waals surface area contributed by atoms with Crippen molar-refractivity contribution in [2.45, 2.75) is 217 Å². The quantitative estimate of drug-likeness (QED) is 0.124. The summed E-state index contributed by atoms with van der Waals surface area (Å²) in [6.07, 6.45) is 5.36. The number of hydrogen-bond donors (Lipinski definition) is 7. The molecule has 0 saturated carbocycles. The van der Waals surface area contributed by atoms with Crippen LogP contribution in [0.3, 0.4) is 0 Å². The number of rotatable bonds is 10. The number of morpholine rings is 2. The van der Waals surface area contributed by atoms with Crippen LogP contribution >= 0.6 is 0 Å². The van der Waals surface area contributed by atoms with Crippen LogP contribution in [0.1, 0.15) is 171 Å². The van der Waals surface area contributed by atoms with E-state index in [0.29, 0.717) is 23.6 Å². The van der Waals surface area contributed by atoms with Crippen LogP contribution in [0.4, 0.5) is 0 Å². The summed E-state index contributed by atoms with van der Waals surface area (Å²) in [5, 5.41) is 23.7. The topological polar surface area (TPSA) is 160 Å². The fourth-order valence-electron chi connectivity index (χ4n) is 9.69. The van der Waals surface area contributed by atoms with E-state index in [9.17, 15) is 4.79 Å². The van der Waals surface area contributed by atoms with Gasteiger partial charge in [-0.05, 0) is 161 Å². The summed E-state index contributed by atoms with van der Waals surface area (Å²) in [6, 6.07) is 1.39. The summed E-state index contributed by atoms with van der Waals surface area (Å²) in [4.78, 5) is 21.0. The summed E-state index contributed by atoms with van der Waals surface area (Å²) >= 11 is 0. The maximum atomic E-state index is 11.7. The normalized spacial score (nSPS) is 22.5. The summed E-state index contributed by atoms with van der Waals surface area (Å²) < 4.78 is 27.7. The predicted octanol–water partition coefficient (Wildman–Crippen LogP) is 6.70. The Morgan fingerprint density at radius 3 is 1.15 bits per heavy atom. The standard InChI is InChI=1S/C10H22N2O.C10H21NO2.C9H18N2O.2C9H19NO.2C8H18N2/c1-10(2,3)13-9-8-12-6-4-11-5-7-12;1-10(2,3)13-9-6-11-4-7-12-8-5-11;1-9(2,3)8(12)11-6-4-10-5-7-11;1-9(2,3)8-10-4-6-11-7-5-10;1-9(2,3)11-8-4-6-10-7-5-8;2*1-8(2,3)10-7-4-5-9-6-7/h11H,4-9H2,1-3H3;4-9H2,1-3H3;10H,4-7H2,1-3H3;4-8H2,1-3H3;8,10H,4-7H2,1-3H3;2*7,9-10H,4-6H2,1-3H3. The first-order valence-electron chi connectivity index (χ1n) is 31.7. The maximum absolute atomic E-state index is 11.7. The molecule has 7 aliphatic rings. The van der Waals surface area contributed by atoms with Crippen molar-refractivity contribution in [2.24, 2.45) is 10.8 Å². The van der Waals surface area contributed by atoms with Crippen molar-refractivity contribution in [1.82, 2.24) is 56.8 Å². The van der Waals surface area contributed by atoms with Crippen molar-refractivity contribution in [3.05, 3.63) is 0 Å². The number of carbonyl (C=O) groups excluding carboxylic acids is 1. The van der Waals surface area contributed by atoms with Gasteiger partial charge in [-0.3, -0.25) is 19.5 Å². The Balaban J connectivity index is 0.000000468. The number of amides is 1. The first kappa shape index (κ1) is 76.9. The van der Waals surface area contributed by atoms with Gasteiger partial charge in [0.15, 0.2) is 0 Å². The van der Waals surface area contributed by atoms with E-state index < -0.39 is 0 Å². The molecule has 7 fully saturated rings. The fraction of sp³-hybridized carbons (Fsp3) is 0.984. The highest BCUT2D eigenvalue weighted by Gasteiger charge is 2.28. The van der Waals surface area contributed by atoms with Gasteiger partial charge in [0.25, 0.3) is 0 Å². The molecule has 7 aliphatic heterocycles. The monoisotopic (exact) mass is 1140 g/mol. The lowest BCUT2D eigenvalue weighted by Crippen LogP contribution is -2.49. The first-order valence-corrected chi connectivity index (χ1v) is 31.7. The number of hydrogen-bond acceptors (Lipinski definition) is 16. The molecule has 2 atom stereocenters. The molecule has 2 unspecified atom stereocenters. The van der Waals surface area contributed by atoms with E-state index >= 15 is 0 Å². The summed E-state index contributed by atoms with van der Waals surface area (Å²) in [7, 11) is 0. The number of piperidine rings is 1. The lowest BCUT2D eigenvalue weighted by Gasteiger charge is -2.32. The molecule has 0 bridgehead atoms. The van der Waals surface area contributed by atoms with E-state index in [2.05, 4.69) is 177 Å². The van der Waals surface area contributed by atoms with Gasteiger partial charge in [-0.2, -0.15) is 0 Å². The van der Waals surface area contributed by atoms with Gasteiger partial charge in [-0.25, -0.2) is 0 Å². The Bertz CT molecular complexity index is 1400. The van der Waals surface area contributed by atoms with E-state index in [0.717, 1.165) is 170 Å². The Hall–Kier alpha value is -1.13. The van der Waals surface area contributed by atoms with E-state index in [-0.39, 0.29) is 39.2 Å². The third-order valence-electron chi connectivity index (χ3n) is 13.2. The second-order valence-corrected chi connectivity index (χ2v) is 30.1. The minimum absolute atomic E-state index is 0.00765. The number of ether oxygens (including phenoxy) is 5. The molecule has 0 radical (unpaired) electrons. The molecule has 7 heterocycles. The molecule has 0 aromatic heterocycles. The van der Waals surface area contributed by atoms with Crippen LogP contribution < -0.4 is 37.2 Å². The van der Waals surface area contributed by atoms with Gasteiger partial charge in [0.05, 0.1) is 62.5 Å². The van der Waals surface area contributed by atoms with Crippen LogP contribution in [-0.4, -0.2) is 249 Å². The summed E-state index contributed by atoms with van der Waals surface area (Å²) in [5.41, 5.74) is 0.782. The van der Waals surface area contributed by atoms with Gasteiger partial charge in [-0.1, -0.05) is 41.5 Å². The molecule has 7 N–H and O–H groups in total. The largest absolute Gasteiger partial charge is 0.379 e. The average Bonchev–Trinajstić information content (AvgIpc) is 4.06. The average molecular weight is 1140 g/mol. The molecule has 80 heavy (non-hydrogen) atoms. The van der Waals surface area contributed by atoms with E-state index in [1.165, 1.54) is 32.5 Å². The van der Waals surface area contributed by atoms with Crippen LogP contribution in [0.25, 0.3) is 0 Å². The molecule has 478 valence electrons. The Kier molecular flexibility index (Phi) is 38.0. The number of nitrogens with zero attached hydrogens (tertiary/aromatic N) is 4. The SMILES string of the molecule is CC(C)(C)C(=O)N1CCNCC1.CC(C)(C)CN1CCOCC1.CC(C)(C)NC1CCNC1.CC(C)(C)NC1CCNC1.CC(C)(C)OC1CCNCC1.CC(C)(C)OCCN1CCNCC1.CC(C)(C)OCCN1CCOCC1. The number of carbonyl (C=O) groups is 1. The van der Waals surface area contributed by atoms with Gasteiger partial charge in [0.1, 0.15) is 0 Å². The van der Waals surface area contributed by atoms with Crippen molar-refractivity contribution in [1.29, 1.82) is 0 Å². The van der Waals surface area contributed by atoms with Crippen LogP contribution in [0.5, 0.6) is 0 Å². The molecule has 0 aromatic rings. The van der Waals surface area contributed by atoms with Crippen molar-refractivity contribution in [3.63, 3.8) is 0 Å². The van der Waals surface area contributed by atoms with Crippen molar-refractivity contribution in [3.8, 4) is 0 Å². The maximum Gasteiger partial charge on any atom is 0.228 e. The van der Waals surface area contributed by atoms with Crippen molar-refractivity contribution >= 4 is 5.91 Å². The van der Waals surface area contributed by atoms with Crippen LogP contribution in [0.2, 0.25) is 0 Å². The molecule has 1 amide bonds. The molecule has 17 heteroatoms. The van der Waals surface area contributed by atoms with Crippen LogP contribution in [-0.2, 0) is 28.5 Å². The minimum Gasteiger partial charge on any atom is -0.379 e. The molecular formula is C63H135N11O6. The van der Waals surface area contributed by atoms with Gasteiger partial charge in [0.2, 0.25) is 5.91 Å². The summed E-state index contributed by atoms with van der Waals surface area (Å²) in [5.74, 6) is 0.268. The Labute approximate surface area is 494 Å². The van der Waals surface area contributed by atoms with E-state index in [4.69, 9.17) is 23.7 Å². The van der Waals surface area contributed by atoms with E-state index in [1.54, 1.807) is 0 Å². The lowest BCUT2D eigenvalue weighted by atomic mass is 9.94. The fourth-order valence-corrected chi connectivity index (χ4v) is 9.69. The number of nitrogens with one attached hydrogen (secondary N) is 7. The van der Waals surface area contributed by atoms with E-state index in [1.807, 2.05) is 25.7 Å². The molecule has 7 saturated heterocycles. The van der Waals surface area contributed by atoms with Gasteiger partial charge >= 0.3 is 0 Å². The molecule has 0 aromatic carbocycles. The van der Waals surface area contributed by atoms with Crippen molar-refractivity contribution < 1.29 is 28.5 Å². The molecule has 7 rings (SSSR count). The second kappa shape index (κ2) is 39.5. The summed E-state index contributed by atoms with van der Waals surface area (Å²) in [6.45, 7) is 72.8. The highest BCUT2D eigenvalue weighted by Crippen LogP contribution is 2.19. The van der Waals surface area contributed by atoms with Crippen LogP contribution in [0, 0.1) is 10.8 Å². The smallest absolute Gasteiger partial charge is 0.228 e. The zero-order chi connectivity index (χ0) is 60.5. The molecule has 0 spiro atoms. The molecular weight excluding hydrogens is 1010 g/mol. The van der Waals surface area contributed by atoms with Crippen molar-refractivity contribution in [2.75, 3.05) is 177 Å². The third-order valence-corrected chi connectivity index (χ3v) is 13.2. The zero-order valence-electron chi connectivity index (χ0n) is 56.4. The van der Waals surface area contributed by atoms with Crippen LogP contribution in [0.15, 0.2) is 0 Å². The molecule has 17 nitrogen and oxygen atoms in total. The lowest BCUT2D eigenvalue weighted by molar-refractivity contribution is -0.140. The first-order chi connectivity index (χ1) is 37.0. The third kappa shape index (κ3) is 47.2. The number of piperazine rings is 2. The predicted molar refractivity (Wildman–Crippen MR) is 339 cm³/mol. The second-order valence-electron chi connectivity index (χ2n) is 30.1. The Morgan fingerprint density at radius 1 is 0.450 bits per heavy atom. The van der Waals surface area contributed by atoms with Gasteiger partial charge in [-0.15, -0.1) is 0 Å². The highest BCUT2D eigenvalue weighted by molar-refractivity contribution is 5.81. The Morgan fingerprint density at radius 2 is 0.812 bits per heavy atom. The zero-order valence-corrected chi connectivity index (χ0v) is 56.4. The van der Waals surface area contributed by atoms with Gasteiger partial charge < -0.3 is 65.8 Å².